The molecule has 0 aromatic carbocycles. The zero-order valence-corrected chi connectivity index (χ0v) is 9.11. The van der Waals surface area contributed by atoms with Crippen LogP contribution in [0.2, 0.25) is 0 Å². The Bertz CT molecular complexity index is 424. The summed E-state index contributed by atoms with van der Waals surface area (Å²) >= 11 is 0. The summed E-state index contributed by atoms with van der Waals surface area (Å²) in [6.45, 7) is -0.163. The van der Waals surface area contributed by atoms with Gasteiger partial charge in [-0.15, -0.1) is 0 Å². The van der Waals surface area contributed by atoms with Crippen molar-refractivity contribution in [2.75, 3.05) is 7.11 Å². The number of aliphatic carboxylic acids is 1. The maximum atomic E-state index is 12.9. The molecule has 0 unspecified atom stereocenters. The molecule has 7 heteroatoms. The fourth-order valence-corrected chi connectivity index (χ4v) is 1.51. The first kappa shape index (κ1) is 13.3. The summed E-state index contributed by atoms with van der Waals surface area (Å²) < 4.78 is 30.6. The molecule has 0 bridgehead atoms. The second-order valence-electron chi connectivity index (χ2n) is 3.25. The molecule has 0 saturated carbocycles. The van der Waals surface area contributed by atoms with Gasteiger partial charge in [-0.25, -0.2) is 8.78 Å². The van der Waals surface area contributed by atoms with Gasteiger partial charge in [-0.1, -0.05) is 0 Å². The summed E-state index contributed by atoms with van der Waals surface area (Å²) in [7, 11) is 1.20. The van der Waals surface area contributed by atoms with Crippen LogP contribution in [0.25, 0.3) is 0 Å². The normalized spacial score (nSPS) is 10.6. The molecular weight excluding hydrogens is 234 g/mol. The Morgan fingerprint density at radius 1 is 1.65 bits per heavy atom. The number of carboxylic acid groups (broad SMARTS) is 1. The Labute approximate surface area is 96.2 Å². The predicted molar refractivity (Wildman–Crippen MR) is 55.0 cm³/mol. The molecule has 1 aromatic rings. The number of hydrogen-bond acceptors (Lipinski definition) is 4. The van der Waals surface area contributed by atoms with Crippen LogP contribution in [0.3, 0.4) is 0 Å². The van der Waals surface area contributed by atoms with Crippen molar-refractivity contribution in [3.05, 3.63) is 23.0 Å². The van der Waals surface area contributed by atoms with Crippen molar-refractivity contribution in [3.63, 3.8) is 0 Å². The molecule has 17 heavy (non-hydrogen) atoms. The number of nitrogens with two attached hydrogens (primary N) is 1. The first-order valence-corrected chi connectivity index (χ1v) is 4.75. The topological polar surface area (TPSA) is 85.4 Å². The molecule has 0 spiro atoms. The van der Waals surface area contributed by atoms with Crippen molar-refractivity contribution in [1.29, 1.82) is 0 Å². The van der Waals surface area contributed by atoms with Gasteiger partial charge in [-0.3, -0.25) is 9.78 Å². The quantitative estimate of drug-likeness (QED) is 0.812. The molecule has 1 heterocycles. The van der Waals surface area contributed by atoms with Gasteiger partial charge in [0.05, 0.1) is 24.8 Å². The summed E-state index contributed by atoms with van der Waals surface area (Å²) in [5.74, 6) is -1.30. The summed E-state index contributed by atoms with van der Waals surface area (Å²) in [5, 5.41) is 8.65. The number of pyridine rings is 1. The summed E-state index contributed by atoms with van der Waals surface area (Å²) in [4.78, 5) is 14.3. The lowest BCUT2D eigenvalue weighted by molar-refractivity contribution is -0.136. The van der Waals surface area contributed by atoms with Crippen LogP contribution in [0.15, 0.2) is 6.20 Å². The highest BCUT2D eigenvalue weighted by atomic mass is 19.3. The van der Waals surface area contributed by atoms with E-state index >= 15 is 0 Å². The Hall–Kier alpha value is -1.76. The van der Waals surface area contributed by atoms with Crippen LogP contribution in [0.5, 0.6) is 5.75 Å². The Kier molecular flexibility index (Phi) is 4.33. The van der Waals surface area contributed by atoms with Gasteiger partial charge in [0.15, 0.2) is 0 Å². The Morgan fingerprint density at radius 2 is 2.29 bits per heavy atom. The third kappa shape index (κ3) is 2.88. The van der Waals surface area contributed by atoms with E-state index in [1.165, 1.54) is 13.3 Å². The number of alkyl halides is 2. The van der Waals surface area contributed by atoms with E-state index in [1.807, 2.05) is 0 Å². The van der Waals surface area contributed by atoms with Crippen LogP contribution < -0.4 is 10.5 Å². The van der Waals surface area contributed by atoms with Crippen molar-refractivity contribution in [2.24, 2.45) is 5.73 Å². The smallest absolute Gasteiger partial charge is 0.308 e. The van der Waals surface area contributed by atoms with E-state index in [2.05, 4.69) is 4.98 Å². The number of methoxy groups -OCH3 is 1. The average molecular weight is 246 g/mol. The summed E-state index contributed by atoms with van der Waals surface area (Å²) in [6, 6.07) is 0. The predicted octanol–water partition coefficient (Wildman–Crippen LogP) is 1.11. The molecule has 0 aliphatic carbocycles. The van der Waals surface area contributed by atoms with E-state index in [-0.39, 0.29) is 23.6 Å². The van der Waals surface area contributed by atoms with E-state index in [0.29, 0.717) is 0 Å². The third-order valence-electron chi connectivity index (χ3n) is 2.18. The number of halogens is 2. The molecule has 0 saturated heterocycles. The third-order valence-corrected chi connectivity index (χ3v) is 2.18. The molecule has 0 aliphatic heterocycles. The number of rotatable bonds is 5. The van der Waals surface area contributed by atoms with Gasteiger partial charge in [-0.2, -0.15) is 0 Å². The van der Waals surface area contributed by atoms with Gasteiger partial charge >= 0.3 is 5.97 Å². The molecule has 0 aliphatic rings. The van der Waals surface area contributed by atoms with Crippen molar-refractivity contribution in [1.82, 2.24) is 4.98 Å². The molecule has 0 fully saturated rings. The van der Waals surface area contributed by atoms with Crippen molar-refractivity contribution >= 4 is 5.97 Å². The number of carbonyl (C=O) groups is 1. The number of hydrogen-bond donors (Lipinski definition) is 2. The van der Waals surface area contributed by atoms with Crippen LogP contribution in [0, 0.1) is 0 Å². The van der Waals surface area contributed by atoms with Gasteiger partial charge in [0, 0.05) is 18.3 Å². The van der Waals surface area contributed by atoms with E-state index in [1.54, 1.807) is 0 Å². The molecule has 0 atom stereocenters. The zero-order chi connectivity index (χ0) is 13.0. The lowest BCUT2D eigenvalue weighted by Gasteiger charge is -2.14. The number of ether oxygens (including phenoxy) is 1. The van der Waals surface area contributed by atoms with Gasteiger partial charge in [0.25, 0.3) is 6.43 Å². The van der Waals surface area contributed by atoms with Crippen LogP contribution in [-0.4, -0.2) is 23.2 Å². The lowest BCUT2D eigenvalue weighted by Crippen LogP contribution is -2.11. The first-order valence-electron chi connectivity index (χ1n) is 4.75. The highest BCUT2D eigenvalue weighted by Gasteiger charge is 2.23. The van der Waals surface area contributed by atoms with Crippen LogP contribution in [0.4, 0.5) is 8.78 Å². The molecular formula is C10H12F2N2O3. The van der Waals surface area contributed by atoms with Crippen molar-refractivity contribution in [2.45, 2.75) is 19.4 Å². The molecule has 0 radical (unpaired) electrons. The second kappa shape index (κ2) is 5.53. The van der Waals surface area contributed by atoms with Gasteiger partial charge in [0.1, 0.15) is 5.75 Å². The summed E-state index contributed by atoms with van der Waals surface area (Å²) in [5.41, 5.74) is 4.97. The molecule has 1 rings (SSSR count). The monoisotopic (exact) mass is 246 g/mol. The van der Waals surface area contributed by atoms with Crippen molar-refractivity contribution < 1.29 is 23.4 Å². The zero-order valence-electron chi connectivity index (χ0n) is 9.11. The maximum absolute atomic E-state index is 12.9. The SMILES string of the molecule is COc1c(CC(=O)O)cnc(CN)c1C(F)F. The minimum Gasteiger partial charge on any atom is -0.496 e. The first-order chi connectivity index (χ1) is 8.01. The lowest BCUT2D eigenvalue weighted by atomic mass is 10.1. The highest BCUT2D eigenvalue weighted by Crippen LogP contribution is 2.34. The molecule has 5 nitrogen and oxygen atoms in total. The number of nitrogens with zero attached hydrogens (tertiary/aromatic N) is 1. The van der Waals surface area contributed by atoms with E-state index in [4.69, 9.17) is 15.6 Å². The Morgan fingerprint density at radius 3 is 2.71 bits per heavy atom. The molecule has 1 aromatic heterocycles. The fraction of sp³-hybridized carbons (Fsp3) is 0.400. The number of carboxylic acids is 1. The Balaban J connectivity index is 3.35. The van der Waals surface area contributed by atoms with Crippen LogP contribution in [-0.2, 0) is 17.8 Å². The molecule has 3 N–H and O–H groups in total. The maximum Gasteiger partial charge on any atom is 0.308 e. The summed E-state index contributed by atoms with van der Waals surface area (Å²) in [6.07, 6.45) is -2.05. The minimum atomic E-state index is -2.82. The fourth-order valence-electron chi connectivity index (χ4n) is 1.51. The highest BCUT2D eigenvalue weighted by molar-refractivity contribution is 5.71. The van der Waals surface area contributed by atoms with E-state index in [0.717, 1.165) is 0 Å². The standard InChI is InChI=1S/C10H12F2N2O3/c1-17-9-5(2-7(15)16)4-14-6(3-13)8(9)10(11)12/h4,10H,2-3,13H2,1H3,(H,15,16). The molecule has 94 valence electrons. The van der Waals surface area contributed by atoms with E-state index < -0.39 is 24.4 Å². The van der Waals surface area contributed by atoms with E-state index in [9.17, 15) is 13.6 Å². The number of aromatic nitrogens is 1. The van der Waals surface area contributed by atoms with Gasteiger partial charge in [-0.05, 0) is 0 Å². The average Bonchev–Trinajstić information content (AvgIpc) is 2.27. The van der Waals surface area contributed by atoms with Gasteiger partial charge in [0.2, 0.25) is 0 Å². The van der Waals surface area contributed by atoms with Gasteiger partial charge < -0.3 is 15.6 Å². The molecule has 0 amide bonds. The minimum absolute atomic E-state index is 0.00555. The second-order valence-corrected chi connectivity index (χ2v) is 3.25. The largest absolute Gasteiger partial charge is 0.496 e. The van der Waals surface area contributed by atoms with Crippen LogP contribution in [0.1, 0.15) is 23.2 Å². The van der Waals surface area contributed by atoms with Crippen molar-refractivity contribution in [3.8, 4) is 5.75 Å². The van der Waals surface area contributed by atoms with Crippen LogP contribution >= 0.6 is 0 Å².